The van der Waals surface area contributed by atoms with Gasteiger partial charge < -0.3 is 10.8 Å². The fraction of sp³-hybridized carbons (Fsp3) is 0.0563. The first-order valence-electron chi connectivity index (χ1n) is 27.2. The van der Waals surface area contributed by atoms with Crippen LogP contribution in [0.15, 0.2) is 203 Å². The normalized spacial score (nSPS) is 11.0. The molecule has 0 saturated heterocycles. The van der Waals surface area contributed by atoms with E-state index in [4.69, 9.17) is 10.8 Å². The molecule has 88 heavy (non-hydrogen) atoms. The van der Waals surface area contributed by atoms with Crippen molar-refractivity contribution >= 4 is 172 Å². The number of fused-ring (bicyclic) bond motifs is 9. The van der Waals surface area contributed by atoms with E-state index < -0.39 is 29.3 Å². The summed E-state index contributed by atoms with van der Waals surface area (Å²) in [7, 11) is 0. The number of carboxylic acids is 1. The third-order valence-electron chi connectivity index (χ3n) is 14.7. The Kier molecular flexibility index (Phi) is 20.4. The van der Waals surface area contributed by atoms with Crippen molar-refractivity contribution in [3.8, 4) is 33.4 Å². The van der Waals surface area contributed by atoms with Crippen molar-refractivity contribution in [1.29, 1.82) is 0 Å². The molecule has 13 rings (SSSR count). The van der Waals surface area contributed by atoms with Crippen LogP contribution in [0.3, 0.4) is 0 Å². The van der Waals surface area contributed by atoms with Gasteiger partial charge in [0.25, 0.3) is 5.69 Å². The minimum absolute atomic E-state index is 0.110. The molecule has 2 aromatic heterocycles. The number of non-ortho nitro benzene ring substituents is 1. The number of halogens is 2. The fourth-order valence-electron chi connectivity index (χ4n) is 10.3. The number of nitro groups is 1. The predicted octanol–water partition coefficient (Wildman–Crippen LogP) is 18.2. The van der Waals surface area contributed by atoms with Gasteiger partial charge in [0.05, 0.1) is 16.2 Å². The maximum atomic E-state index is 12.1. The molecule has 1 aliphatic carbocycles. The predicted molar refractivity (Wildman–Crippen MR) is 366 cm³/mol. The number of carbonyl (C=O) groups excluding carboxylic acids is 6. The second-order valence-electron chi connectivity index (χ2n) is 21.0. The summed E-state index contributed by atoms with van der Waals surface area (Å²) in [4.78, 5) is 96.0. The van der Waals surface area contributed by atoms with E-state index in [2.05, 4.69) is 89.1 Å². The van der Waals surface area contributed by atoms with Crippen LogP contribution in [0.25, 0.3) is 73.7 Å². The van der Waals surface area contributed by atoms with Gasteiger partial charge in [-0.25, -0.2) is 4.79 Å². The molecule has 0 radical (unpaired) electrons. The van der Waals surface area contributed by atoms with E-state index in [0.29, 0.717) is 28.7 Å². The molecule has 0 fully saturated rings. The molecule has 0 aliphatic heterocycles. The number of nitrogens with two attached hydrogens (primary N) is 1. The molecule has 10 aromatic carbocycles. The van der Waals surface area contributed by atoms with Crippen LogP contribution in [0.1, 0.15) is 83.6 Å². The molecule has 0 unspecified atom stereocenters. The van der Waals surface area contributed by atoms with E-state index in [1.165, 1.54) is 22.7 Å². The van der Waals surface area contributed by atoms with Crippen LogP contribution in [0.5, 0.6) is 0 Å². The van der Waals surface area contributed by atoms with Gasteiger partial charge in [-0.1, -0.05) is 165 Å². The fourth-order valence-corrected chi connectivity index (χ4v) is 17.5. The molecule has 0 spiro atoms. The number of aldehydes is 6. The van der Waals surface area contributed by atoms with E-state index in [0.717, 1.165) is 161 Å². The third-order valence-corrected chi connectivity index (χ3v) is 24.6. The first-order valence-corrected chi connectivity index (χ1v) is 40.4. The summed E-state index contributed by atoms with van der Waals surface area (Å²) in [5, 5.41) is 22.8. The van der Waals surface area contributed by atoms with Crippen LogP contribution in [-0.4, -0.2) is 72.1 Å². The Balaban J connectivity index is 0.000000138. The standard InChI is InChI=1S/C26H16O2S.C15H10O2.C14H6Br2O2S.C7H6N2O4.C6H5.3CH3.Sn/c27-15-23-19(17-7-3-1-4-8-17)11-13-21-22-14-12-20(18-9-5-2-6-10-18)24(16-28)26(22)29-25(21)23;16-8-10-3-1-5-12-13-6-2-4-11(9-17)15(13)7-14(10)12;15-11-3-1-7-8-2-4-12(16)10(6-18)14(8)19-13(7)9(11)5-17;8-6-3-4(9(12)13)1-2-5(6)7(10)11;1-2-4-6-5-3-1;;;;/h1-16H;1-6,8-9H,7H2;1-6H;1-3H,8H2,(H,10,11);1-5H;3*1H3;. The molecule has 1 aliphatic rings. The van der Waals surface area contributed by atoms with Crippen molar-refractivity contribution in [2.75, 3.05) is 5.73 Å². The second kappa shape index (κ2) is 28.3. The minimum atomic E-state index is -1.71. The van der Waals surface area contributed by atoms with Crippen LogP contribution in [0.4, 0.5) is 11.4 Å². The Bertz CT molecular complexity index is 4470. The molecule has 0 atom stereocenters. The summed E-state index contributed by atoms with van der Waals surface area (Å²) in [5.74, 6) is -1.20. The quantitative estimate of drug-likeness (QED) is 0.0409. The van der Waals surface area contributed by atoms with E-state index >= 15 is 0 Å². The summed E-state index contributed by atoms with van der Waals surface area (Å²) in [5.41, 5.74) is 16.9. The monoisotopic (exact) mass is 1430 g/mol. The van der Waals surface area contributed by atoms with Gasteiger partial charge in [0.1, 0.15) is 12.6 Å². The number of carboxylic acid groups (broad SMARTS) is 1. The molecule has 436 valence electrons. The van der Waals surface area contributed by atoms with Crippen LogP contribution in [-0.2, 0) is 6.42 Å². The summed E-state index contributed by atoms with van der Waals surface area (Å²) in [6.45, 7) is 0. The number of nitrogen functional groups attached to an aromatic ring is 1. The topological polar surface area (TPSA) is 209 Å². The summed E-state index contributed by atoms with van der Waals surface area (Å²) >= 11 is 8.04. The van der Waals surface area contributed by atoms with Crippen molar-refractivity contribution in [3.05, 3.63) is 263 Å². The van der Waals surface area contributed by atoms with Crippen molar-refractivity contribution in [1.82, 2.24) is 0 Å². The Morgan fingerprint density at radius 3 is 1.22 bits per heavy atom. The zero-order valence-corrected chi connectivity index (χ0v) is 55.0. The van der Waals surface area contributed by atoms with Crippen LogP contribution >= 0.6 is 54.5 Å². The number of nitro benzene ring substituents is 1. The van der Waals surface area contributed by atoms with Crippen molar-refractivity contribution in [3.63, 3.8) is 0 Å². The Hall–Kier alpha value is -8.91. The zero-order chi connectivity index (χ0) is 62.8. The van der Waals surface area contributed by atoms with Crippen molar-refractivity contribution in [2.24, 2.45) is 0 Å². The number of thiophene rings is 2. The van der Waals surface area contributed by atoms with Crippen LogP contribution in [0.2, 0.25) is 14.8 Å². The molecule has 17 heteroatoms. The molecular weight excluding hydrogens is 1380 g/mol. The second-order valence-corrected chi connectivity index (χ2v) is 39.2. The number of aromatic carboxylic acids is 1. The number of carbonyl (C=O) groups is 7. The maximum absolute atomic E-state index is 12.1. The van der Waals surface area contributed by atoms with Gasteiger partial charge >= 0.3 is 73.1 Å². The Morgan fingerprint density at radius 1 is 0.489 bits per heavy atom. The molecule has 12 aromatic rings. The van der Waals surface area contributed by atoms with Gasteiger partial charge in [0.15, 0.2) is 25.1 Å². The number of hydrogen-bond acceptors (Lipinski definition) is 12. The number of benzene rings is 10. The zero-order valence-electron chi connectivity index (χ0n) is 47.4. The molecule has 0 amide bonds. The molecule has 0 bridgehead atoms. The van der Waals surface area contributed by atoms with Gasteiger partial charge in [-0.05, 0) is 62.7 Å². The molecule has 2 heterocycles. The van der Waals surface area contributed by atoms with E-state index in [1.807, 2.05) is 133 Å². The summed E-state index contributed by atoms with van der Waals surface area (Å²) in [6, 6.07) is 61.1. The Labute approximate surface area is 534 Å². The Morgan fingerprint density at radius 2 is 0.875 bits per heavy atom. The SMILES string of the molecule is Nc1cc([N+](=O)[O-])ccc1C(=O)O.O=Cc1c(-c2ccccc2)ccc2c1sc1c(C=O)c(-c3ccccc3)ccc12.O=Cc1c(Br)ccc2c1sc1c(C=O)c(Br)ccc12.O=Cc1cccc2c1Cc1c(C=O)cccc1-2.[CH3][Sn]([CH3])([CH3])[c]1ccccc1. The third kappa shape index (κ3) is 13.5. The number of hydrogen-bond donors (Lipinski definition) is 2. The van der Waals surface area contributed by atoms with Crippen molar-refractivity contribution in [2.45, 2.75) is 21.2 Å². The number of rotatable bonds is 11. The van der Waals surface area contributed by atoms with E-state index in [1.54, 1.807) is 3.58 Å². The average molecular weight is 1440 g/mol. The average Bonchev–Trinajstić information content (AvgIpc) is 1.79. The number of nitrogens with zero attached hydrogens (tertiary/aromatic N) is 1. The molecule has 3 N–H and O–H groups in total. The van der Waals surface area contributed by atoms with Crippen LogP contribution in [0, 0.1) is 10.1 Å². The first kappa shape index (κ1) is 63.6. The van der Waals surface area contributed by atoms with Gasteiger partial charge in [-0.3, -0.25) is 38.9 Å². The number of anilines is 1. The summed E-state index contributed by atoms with van der Waals surface area (Å²) < 4.78 is 6.80. The van der Waals surface area contributed by atoms with Gasteiger partial charge in [0.2, 0.25) is 0 Å². The molecule has 0 saturated carbocycles. The van der Waals surface area contributed by atoms with Gasteiger partial charge in [0, 0.05) is 101 Å². The van der Waals surface area contributed by atoms with Gasteiger partial charge in [-0.2, -0.15) is 0 Å². The van der Waals surface area contributed by atoms with Gasteiger partial charge in [-0.15, -0.1) is 22.7 Å². The summed E-state index contributed by atoms with van der Waals surface area (Å²) in [6.07, 6.45) is 5.98. The first-order chi connectivity index (χ1) is 42.5. The van der Waals surface area contributed by atoms with Crippen molar-refractivity contribution < 1.29 is 43.6 Å². The van der Waals surface area contributed by atoms with E-state index in [9.17, 15) is 43.7 Å². The molecular formula is C71H52Br2N2O10S2Sn. The molecule has 12 nitrogen and oxygen atoms in total. The van der Waals surface area contributed by atoms with E-state index in [-0.39, 0.29) is 16.9 Å². The van der Waals surface area contributed by atoms with Crippen LogP contribution < -0.4 is 9.31 Å².